The zero-order valence-electron chi connectivity index (χ0n) is 13.2. The summed E-state index contributed by atoms with van der Waals surface area (Å²) in [6, 6.07) is 14.0. The minimum atomic E-state index is -0.177. The van der Waals surface area contributed by atoms with E-state index in [-0.39, 0.29) is 5.92 Å². The van der Waals surface area contributed by atoms with Gasteiger partial charge in [0.2, 0.25) is 0 Å². The summed E-state index contributed by atoms with van der Waals surface area (Å²) in [6.45, 7) is 6.70. The second-order valence-electron chi connectivity index (χ2n) is 5.60. The highest BCUT2D eigenvalue weighted by atomic mass is 35.5. The number of nitrogens with zero attached hydrogens (tertiary/aromatic N) is 1. The van der Waals surface area contributed by atoms with E-state index in [1.807, 2.05) is 24.3 Å². The Kier molecular flexibility index (Phi) is 5.46. The number of benzene rings is 2. The van der Waals surface area contributed by atoms with Gasteiger partial charge >= 0.3 is 0 Å². The smallest absolute Gasteiger partial charge is 0.125 e. The summed E-state index contributed by atoms with van der Waals surface area (Å²) in [5.41, 5.74) is 4.49. The molecule has 2 nitrogen and oxygen atoms in total. The zero-order valence-corrected chi connectivity index (χ0v) is 13.9. The maximum atomic E-state index is 9.35. The molecule has 2 aromatic rings. The summed E-state index contributed by atoms with van der Waals surface area (Å²) in [5, 5.41) is 10.0. The lowest BCUT2D eigenvalue weighted by Gasteiger charge is -2.15. The fraction of sp³-hybridized carbons (Fsp3) is 0.316. The van der Waals surface area contributed by atoms with E-state index in [4.69, 9.17) is 16.3 Å². The summed E-state index contributed by atoms with van der Waals surface area (Å²) in [7, 11) is 0. The third-order valence-electron chi connectivity index (χ3n) is 3.69. The van der Waals surface area contributed by atoms with Gasteiger partial charge in [-0.3, -0.25) is 0 Å². The van der Waals surface area contributed by atoms with E-state index >= 15 is 0 Å². The number of rotatable bonds is 5. The number of hydrogen-bond donors (Lipinski definition) is 0. The molecule has 0 N–H and O–H groups in total. The van der Waals surface area contributed by atoms with Crippen molar-refractivity contribution < 1.29 is 4.74 Å². The van der Waals surface area contributed by atoms with Crippen molar-refractivity contribution in [2.75, 3.05) is 6.61 Å². The molecule has 2 rings (SSSR count). The molecule has 0 aliphatic rings. The van der Waals surface area contributed by atoms with Gasteiger partial charge in [0.1, 0.15) is 5.75 Å². The predicted molar refractivity (Wildman–Crippen MR) is 90.6 cm³/mol. The summed E-state index contributed by atoms with van der Waals surface area (Å²) < 4.78 is 5.92. The summed E-state index contributed by atoms with van der Waals surface area (Å²) in [4.78, 5) is 0. The van der Waals surface area contributed by atoms with E-state index in [9.17, 15) is 5.26 Å². The van der Waals surface area contributed by atoms with Crippen LogP contribution >= 0.6 is 11.6 Å². The van der Waals surface area contributed by atoms with Gasteiger partial charge in [0, 0.05) is 11.4 Å². The zero-order chi connectivity index (χ0) is 16.1. The molecule has 0 spiro atoms. The van der Waals surface area contributed by atoms with Crippen molar-refractivity contribution in [2.24, 2.45) is 0 Å². The first-order valence-electron chi connectivity index (χ1n) is 7.37. The fourth-order valence-corrected chi connectivity index (χ4v) is 2.80. The first-order valence-corrected chi connectivity index (χ1v) is 7.75. The highest BCUT2D eigenvalue weighted by molar-refractivity contribution is 6.30. The Morgan fingerprint density at radius 2 is 1.68 bits per heavy atom. The number of nitriles is 1. The highest BCUT2D eigenvalue weighted by Gasteiger charge is 2.12. The van der Waals surface area contributed by atoms with Crippen molar-refractivity contribution in [3.8, 4) is 11.8 Å². The lowest BCUT2D eigenvalue weighted by molar-refractivity contribution is 0.302. The third kappa shape index (κ3) is 4.02. The van der Waals surface area contributed by atoms with Crippen LogP contribution in [0.5, 0.6) is 5.75 Å². The van der Waals surface area contributed by atoms with Crippen LogP contribution in [0.4, 0.5) is 0 Å². The van der Waals surface area contributed by atoms with Crippen molar-refractivity contribution in [3.63, 3.8) is 0 Å². The monoisotopic (exact) mass is 313 g/mol. The van der Waals surface area contributed by atoms with E-state index in [1.165, 1.54) is 5.56 Å². The average Bonchev–Trinajstić information content (AvgIpc) is 2.47. The molecule has 0 aromatic heterocycles. The standard InChI is InChI=1S/C19H20ClNO/c1-13-10-14(2)19(15(3)11-13)22-9-8-17(12-21)16-4-6-18(20)7-5-16/h4-7,10-11,17H,8-9H2,1-3H3. The number of hydrogen-bond acceptors (Lipinski definition) is 2. The molecule has 0 bridgehead atoms. The van der Waals surface area contributed by atoms with Gasteiger partial charge in [-0.15, -0.1) is 0 Å². The molecule has 22 heavy (non-hydrogen) atoms. The van der Waals surface area contributed by atoms with Crippen molar-refractivity contribution in [1.82, 2.24) is 0 Å². The van der Waals surface area contributed by atoms with Gasteiger partial charge in [0.15, 0.2) is 0 Å². The Balaban J connectivity index is 2.01. The van der Waals surface area contributed by atoms with Crippen LogP contribution in [-0.2, 0) is 0 Å². The van der Waals surface area contributed by atoms with E-state index in [1.54, 1.807) is 0 Å². The van der Waals surface area contributed by atoms with Gasteiger partial charge in [-0.25, -0.2) is 0 Å². The van der Waals surface area contributed by atoms with Gasteiger partial charge in [-0.2, -0.15) is 5.26 Å². The maximum Gasteiger partial charge on any atom is 0.125 e. The van der Waals surface area contributed by atoms with Crippen molar-refractivity contribution in [3.05, 3.63) is 63.7 Å². The first kappa shape index (κ1) is 16.4. The van der Waals surface area contributed by atoms with Gasteiger partial charge < -0.3 is 4.74 Å². The number of ether oxygens (including phenoxy) is 1. The van der Waals surface area contributed by atoms with E-state index < -0.39 is 0 Å². The lowest BCUT2D eigenvalue weighted by atomic mass is 9.98. The second kappa shape index (κ2) is 7.33. The maximum absolute atomic E-state index is 9.35. The molecule has 114 valence electrons. The summed E-state index contributed by atoms with van der Waals surface area (Å²) >= 11 is 5.88. The number of halogens is 1. The quantitative estimate of drug-likeness (QED) is 0.746. The predicted octanol–water partition coefficient (Wildman–Crippen LogP) is 5.34. The molecule has 0 saturated carbocycles. The molecule has 0 heterocycles. The van der Waals surface area contributed by atoms with Crippen LogP contribution in [0.1, 0.15) is 34.6 Å². The van der Waals surface area contributed by atoms with Crippen LogP contribution in [0, 0.1) is 32.1 Å². The van der Waals surface area contributed by atoms with E-state index in [0.717, 1.165) is 22.4 Å². The van der Waals surface area contributed by atoms with Gasteiger partial charge in [0.05, 0.1) is 18.6 Å². The Morgan fingerprint density at radius 3 is 2.23 bits per heavy atom. The van der Waals surface area contributed by atoms with Crippen molar-refractivity contribution in [2.45, 2.75) is 33.1 Å². The van der Waals surface area contributed by atoms with Gasteiger partial charge in [-0.1, -0.05) is 41.4 Å². The van der Waals surface area contributed by atoms with Gasteiger partial charge in [0.25, 0.3) is 0 Å². The largest absolute Gasteiger partial charge is 0.493 e. The van der Waals surface area contributed by atoms with Gasteiger partial charge in [-0.05, 0) is 49.6 Å². The van der Waals surface area contributed by atoms with Crippen LogP contribution in [0.25, 0.3) is 0 Å². The van der Waals surface area contributed by atoms with Crippen LogP contribution in [0.2, 0.25) is 5.02 Å². The second-order valence-corrected chi connectivity index (χ2v) is 6.03. The third-order valence-corrected chi connectivity index (χ3v) is 3.94. The molecule has 1 atom stereocenters. The molecule has 0 radical (unpaired) electrons. The molecule has 1 unspecified atom stereocenters. The van der Waals surface area contributed by atoms with E-state index in [2.05, 4.69) is 39.0 Å². The van der Waals surface area contributed by atoms with Crippen molar-refractivity contribution in [1.29, 1.82) is 5.26 Å². The molecular formula is C19H20ClNO. The van der Waals surface area contributed by atoms with Crippen molar-refractivity contribution >= 4 is 11.6 Å². The topological polar surface area (TPSA) is 33.0 Å². The van der Waals surface area contributed by atoms with Crippen LogP contribution < -0.4 is 4.74 Å². The highest BCUT2D eigenvalue weighted by Crippen LogP contribution is 2.26. The normalized spacial score (nSPS) is 11.8. The Hall–Kier alpha value is -1.98. The molecule has 2 aromatic carbocycles. The molecule has 0 amide bonds. The summed E-state index contributed by atoms with van der Waals surface area (Å²) in [6.07, 6.45) is 0.658. The van der Waals surface area contributed by atoms with Crippen LogP contribution in [0.3, 0.4) is 0 Å². The fourth-order valence-electron chi connectivity index (χ4n) is 2.67. The molecule has 0 aliphatic heterocycles. The Morgan fingerprint density at radius 1 is 1.09 bits per heavy atom. The first-order chi connectivity index (χ1) is 10.5. The molecular weight excluding hydrogens is 294 g/mol. The van der Waals surface area contributed by atoms with E-state index in [0.29, 0.717) is 18.1 Å². The average molecular weight is 314 g/mol. The SMILES string of the molecule is Cc1cc(C)c(OCCC(C#N)c2ccc(Cl)cc2)c(C)c1. The van der Waals surface area contributed by atoms with Crippen LogP contribution in [0.15, 0.2) is 36.4 Å². The molecule has 0 saturated heterocycles. The number of aryl methyl sites for hydroxylation is 3. The minimum absolute atomic E-state index is 0.177. The summed E-state index contributed by atoms with van der Waals surface area (Å²) in [5.74, 6) is 0.752. The molecule has 0 fully saturated rings. The van der Waals surface area contributed by atoms with Crippen LogP contribution in [-0.4, -0.2) is 6.61 Å². The Labute approximate surface area is 137 Å². The molecule has 0 aliphatic carbocycles. The Bertz CT molecular complexity index is 663. The minimum Gasteiger partial charge on any atom is -0.493 e. The lowest BCUT2D eigenvalue weighted by Crippen LogP contribution is -2.06. The molecule has 3 heteroatoms.